The summed E-state index contributed by atoms with van der Waals surface area (Å²) >= 11 is 0. The van der Waals surface area contributed by atoms with Gasteiger partial charge in [-0.2, -0.15) is 5.10 Å². The first-order chi connectivity index (χ1) is 12.9. The normalized spacial score (nSPS) is 32.4. The van der Waals surface area contributed by atoms with Crippen molar-refractivity contribution >= 4 is 11.8 Å². The van der Waals surface area contributed by atoms with E-state index in [2.05, 4.69) is 39.5 Å². The van der Waals surface area contributed by atoms with Gasteiger partial charge in [0.05, 0.1) is 29.8 Å². The zero-order chi connectivity index (χ0) is 19.2. The third-order valence-electron chi connectivity index (χ3n) is 6.53. The van der Waals surface area contributed by atoms with Crippen LogP contribution in [0.15, 0.2) is 42.7 Å². The summed E-state index contributed by atoms with van der Waals surface area (Å²) in [5, 5.41) is 4.69. The maximum Gasteiger partial charge on any atom is 0.178 e. The zero-order valence-electron chi connectivity index (χ0n) is 16.9. The average molecular weight is 367 g/mol. The van der Waals surface area contributed by atoms with Crippen LogP contribution >= 0.6 is 0 Å². The van der Waals surface area contributed by atoms with Crippen LogP contribution in [0.1, 0.15) is 58.2 Å². The van der Waals surface area contributed by atoms with E-state index < -0.39 is 5.79 Å². The molecule has 144 valence electrons. The lowest BCUT2D eigenvalue weighted by molar-refractivity contribution is -0.246. The summed E-state index contributed by atoms with van der Waals surface area (Å²) in [5.74, 6) is -0.515. The molecule has 3 atom stereocenters. The second-order valence-corrected chi connectivity index (χ2v) is 8.22. The molecule has 0 aromatic carbocycles. The van der Waals surface area contributed by atoms with E-state index in [1.165, 1.54) is 16.8 Å². The molecular weight excluding hydrogens is 336 g/mol. The first kappa shape index (κ1) is 18.5. The molecule has 0 amide bonds. The summed E-state index contributed by atoms with van der Waals surface area (Å²) in [6.45, 7) is 12.4. The van der Waals surface area contributed by atoms with Gasteiger partial charge in [0.1, 0.15) is 0 Å². The van der Waals surface area contributed by atoms with E-state index in [4.69, 9.17) is 14.6 Å². The van der Waals surface area contributed by atoms with E-state index >= 15 is 0 Å². The number of ether oxygens (including phenoxy) is 2. The molecule has 4 rings (SSSR count). The van der Waals surface area contributed by atoms with Crippen LogP contribution in [-0.2, 0) is 15.9 Å². The van der Waals surface area contributed by atoms with Crippen molar-refractivity contribution in [1.29, 1.82) is 0 Å². The predicted molar refractivity (Wildman–Crippen MR) is 109 cm³/mol. The molecule has 2 fully saturated rings. The smallest absolute Gasteiger partial charge is 0.178 e. The minimum absolute atomic E-state index is 0.127. The number of hydrogen-bond donors (Lipinski definition) is 0. The molecule has 1 saturated carbocycles. The third kappa shape index (κ3) is 2.69. The van der Waals surface area contributed by atoms with Crippen LogP contribution in [0.5, 0.6) is 0 Å². The molecule has 0 bridgehead atoms. The number of hydrogen-bond acceptors (Lipinski definition) is 3. The zero-order valence-corrected chi connectivity index (χ0v) is 16.9. The van der Waals surface area contributed by atoms with Gasteiger partial charge in [-0.3, -0.25) is 0 Å². The molecule has 2 heterocycles. The molecule has 1 saturated heterocycles. The Hall–Kier alpha value is -1.91. The molecule has 27 heavy (non-hydrogen) atoms. The number of aromatic nitrogens is 2. The van der Waals surface area contributed by atoms with Crippen LogP contribution < -0.4 is 0 Å². The molecule has 4 nitrogen and oxygen atoms in total. The van der Waals surface area contributed by atoms with Gasteiger partial charge in [0.15, 0.2) is 5.79 Å². The van der Waals surface area contributed by atoms with Crippen LogP contribution in [0.4, 0.5) is 0 Å². The Morgan fingerprint density at radius 1 is 1.33 bits per heavy atom. The summed E-state index contributed by atoms with van der Waals surface area (Å²) in [6, 6.07) is 0. The van der Waals surface area contributed by atoms with Gasteiger partial charge in [0.2, 0.25) is 0 Å². The van der Waals surface area contributed by atoms with Crippen molar-refractivity contribution in [2.75, 3.05) is 0 Å². The SMILES string of the molecule is C=C/C=C(\C=C/C)n1ncc2c1C=C1CCCC3(O[C@H](C)[C@@H](C)O3)C1(C)C2. The fourth-order valence-electron chi connectivity index (χ4n) is 4.91. The fourth-order valence-corrected chi connectivity index (χ4v) is 4.91. The molecule has 3 aliphatic rings. The van der Waals surface area contributed by atoms with Crippen LogP contribution in [0.2, 0.25) is 0 Å². The Morgan fingerprint density at radius 3 is 2.74 bits per heavy atom. The molecule has 0 radical (unpaired) electrons. The quantitative estimate of drug-likeness (QED) is 0.695. The second-order valence-electron chi connectivity index (χ2n) is 8.22. The van der Waals surface area contributed by atoms with E-state index in [-0.39, 0.29) is 17.6 Å². The summed E-state index contributed by atoms with van der Waals surface area (Å²) < 4.78 is 15.0. The van der Waals surface area contributed by atoms with Crippen molar-refractivity contribution in [2.45, 2.75) is 71.4 Å². The van der Waals surface area contributed by atoms with E-state index in [0.29, 0.717) is 0 Å². The van der Waals surface area contributed by atoms with Crippen LogP contribution in [0, 0.1) is 5.41 Å². The third-order valence-corrected chi connectivity index (χ3v) is 6.53. The van der Waals surface area contributed by atoms with E-state index in [1.807, 2.05) is 36.0 Å². The molecule has 1 spiro atoms. The van der Waals surface area contributed by atoms with Gasteiger partial charge in [0.25, 0.3) is 0 Å². The fraction of sp³-hybridized carbons (Fsp3) is 0.522. The summed E-state index contributed by atoms with van der Waals surface area (Å²) in [7, 11) is 0. The Morgan fingerprint density at radius 2 is 2.07 bits per heavy atom. The minimum Gasteiger partial charge on any atom is -0.343 e. The molecule has 1 unspecified atom stereocenters. The topological polar surface area (TPSA) is 36.3 Å². The number of allylic oxidation sites excluding steroid dienone is 5. The molecule has 1 aromatic rings. The van der Waals surface area contributed by atoms with E-state index in [0.717, 1.165) is 31.4 Å². The Labute approximate surface area is 162 Å². The molecule has 1 aromatic heterocycles. The molecule has 0 N–H and O–H groups in total. The lowest BCUT2D eigenvalue weighted by Crippen LogP contribution is -2.53. The van der Waals surface area contributed by atoms with Crippen molar-refractivity contribution in [3.8, 4) is 0 Å². The Balaban J connectivity index is 1.78. The number of fused-ring (bicyclic) bond motifs is 3. The molecule has 1 aliphatic heterocycles. The highest BCUT2D eigenvalue weighted by atomic mass is 16.8. The van der Waals surface area contributed by atoms with Gasteiger partial charge in [-0.15, -0.1) is 0 Å². The molecule has 4 heteroatoms. The highest BCUT2D eigenvalue weighted by Gasteiger charge is 2.60. The van der Waals surface area contributed by atoms with Gasteiger partial charge < -0.3 is 9.47 Å². The first-order valence-electron chi connectivity index (χ1n) is 10.0. The second kappa shape index (κ2) is 6.61. The maximum absolute atomic E-state index is 6.49. The largest absolute Gasteiger partial charge is 0.343 e. The summed E-state index contributed by atoms with van der Waals surface area (Å²) in [5.41, 5.74) is 4.72. The van der Waals surface area contributed by atoms with Crippen molar-refractivity contribution < 1.29 is 9.47 Å². The van der Waals surface area contributed by atoms with Crippen LogP contribution in [0.25, 0.3) is 11.8 Å². The lowest BCUT2D eigenvalue weighted by Gasteiger charge is -2.51. The maximum atomic E-state index is 6.49. The number of rotatable bonds is 3. The summed E-state index contributed by atoms with van der Waals surface area (Å²) in [6.07, 6.45) is 16.5. The monoisotopic (exact) mass is 366 g/mol. The van der Waals surface area contributed by atoms with Gasteiger partial charge in [0, 0.05) is 11.8 Å². The average Bonchev–Trinajstić information content (AvgIpc) is 3.15. The van der Waals surface area contributed by atoms with Crippen molar-refractivity contribution in [2.24, 2.45) is 5.41 Å². The number of nitrogens with zero attached hydrogens (tertiary/aromatic N) is 2. The van der Waals surface area contributed by atoms with Crippen molar-refractivity contribution in [3.05, 3.63) is 53.9 Å². The minimum atomic E-state index is -0.515. The first-order valence-corrected chi connectivity index (χ1v) is 10.0. The molecular formula is C23H30N2O2. The highest BCUT2D eigenvalue weighted by molar-refractivity contribution is 5.67. The van der Waals surface area contributed by atoms with Crippen LogP contribution in [0.3, 0.4) is 0 Å². The Bertz CT molecular complexity index is 835. The standard InChI is InChI=1S/C23H30N2O2/c1-6-9-20(10-7-2)25-21-13-19-11-8-12-23(26-16(3)17(4)27-23)22(19,5)14-18(21)15-24-25/h6-7,9-10,13,15-17H,1,8,11-12,14H2,2-5H3/b10-7-,20-9+/t16-,17-,22?/m1/s1. The predicted octanol–water partition coefficient (Wildman–Crippen LogP) is 5.14. The van der Waals surface area contributed by atoms with E-state index in [1.54, 1.807) is 0 Å². The highest BCUT2D eigenvalue weighted by Crippen LogP contribution is 2.58. The van der Waals surface area contributed by atoms with Gasteiger partial charge >= 0.3 is 0 Å². The summed E-state index contributed by atoms with van der Waals surface area (Å²) in [4.78, 5) is 0. The van der Waals surface area contributed by atoms with Gasteiger partial charge in [-0.25, -0.2) is 4.68 Å². The van der Waals surface area contributed by atoms with Crippen molar-refractivity contribution in [3.63, 3.8) is 0 Å². The van der Waals surface area contributed by atoms with E-state index in [9.17, 15) is 0 Å². The van der Waals surface area contributed by atoms with Gasteiger partial charge in [-0.1, -0.05) is 31.2 Å². The van der Waals surface area contributed by atoms with Crippen molar-refractivity contribution in [1.82, 2.24) is 9.78 Å². The lowest BCUT2D eigenvalue weighted by atomic mass is 9.62. The Kier molecular flexibility index (Phi) is 4.52. The van der Waals surface area contributed by atoms with Crippen LogP contribution in [-0.4, -0.2) is 27.8 Å². The van der Waals surface area contributed by atoms with Gasteiger partial charge in [-0.05, 0) is 63.8 Å². The molecule has 2 aliphatic carbocycles.